The standard InChI is InChI=1S/C14H23N3O/c1-3-5-6-9-15-12-10-13(18-4-2)17-14(16-12)11-7-8-11/h10-11H,3-9H2,1-2H3,(H,15,16,17). The summed E-state index contributed by atoms with van der Waals surface area (Å²) in [5, 5.41) is 3.37. The molecule has 1 aromatic heterocycles. The van der Waals surface area contributed by atoms with E-state index in [1.165, 1.54) is 32.1 Å². The lowest BCUT2D eigenvalue weighted by molar-refractivity contribution is 0.325. The molecule has 1 heterocycles. The minimum absolute atomic E-state index is 0.557. The maximum absolute atomic E-state index is 5.50. The van der Waals surface area contributed by atoms with Gasteiger partial charge in [-0.1, -0.05) is 19.8 Å². The normalized spacial score (nSPS) is 14.6. The zero-order valence-corrected chi connectivity index (χ0v) is 11.4. The van der Waals surface area contributed by atoms with Gasteiger partial charge in [-0.3, -0.25) is 0 Å². The van der Waals surface area contributed by atoms with Crippen LogP contribution < -0.4 is 10.1 Å². The van der Waals surface area contributed by atoms with Crippen molar-refractivity contribution in [2.24, 2.45) is 0 Å². The van der Waals surface area contributed by atoms with Crippen LogP contribution in [0, 0.1) is 0 Å². The van der Waals surface area contributed by atoms with Crippen LogP contribution in [-0.2, 0) is 0 Å². The number of rotatable bonds is 8. The summed E-state index contributed by atoms with van der Waals surface area (Å²) in [6.07, 6.45) is 6.10. The first-order valence-electron chi connectivity index (χ1n) is 7.09. The zero-order valence-electron chi connectivity index (χ0n) is 11.4. The maximum atomic E-state index is 5.50. The smallest absolute Gasteiger partial charge is 0.218 e. The molecular formula is C14H23N3O. The van der Waals surface area contributed by atoms with Crippen LogP contribution in [-0.4, -0.2) is 23.1 Å². The molecule has 100 valence electrons. The summed E-state index contributed by atoms with van der Waals surface area (Å²) in [4.78, 5) is 9.03. The molecule has 0 saturated heterocycles. The second kappa shape index (κ2) is 6.57. The second-order valence-corrected chi connectivity index (χ2v) is 4.79. The molecule has 4 heteroatoms. The topological polar surface area (TPSA) is 47.0 Å². The van der Waals surface area contributed by atoms with E-state index in [1.54, 1.807) is 0 Å². The molecule has 2 rings (SSSR count). The first-order valence-corrected chi connectivity index (χ1v) is 7.09. The summed E-state index contributed by atoms with van der Waals surface area (Å²) in [7, 11) is 0. The highest BCUT2D eigenvalue weighted by molar-refractivity contribution is 5.39. The lowest BCUT2D eigenvalue weighted by Crippen LogP contribution is -2.07. The van der Waals surface area contributed by atoms with Crippen molar-refractivity contribution in [1.82, 2.24) is 9.97 Å². The molecule has 1 saturated carbocycles. The van der Waals surface area contributed by atoms with Gasteiger partial charge in [-0.05, 0) is 26.2 Å². The highest BCUT2D eigenvalue weighted by Crippen LogP contribution is 2.39. The van der Waals surface area contributed by atoms with Gasteiger partial charge in [0.15, 0.2) is 0 Å². The lowest BCUT2D eigenvalue weighted by atomic mass is 10.2. The minimum atomic E-state index is 0.557. The first-order chi connectivity index (χ1) is 8.83. The summed E-state index contributed by atoms with van der Waals surface area (Å²) in [6.45, 7) is 5.81. The fourth-order valence-electron chi connectivity index (χ4n) is 1.87. The third-order valence-corrected chi connectivity index (χ3v) is 3.04. The number of aromatic nitrogens is 2. The number of nitrogens with zero attached hydrogens (tertiary/aromatic N) is 2. The fraction of sp³-hybridized carbons (Fsp3) is 0.714. The van der Waals surface area contributed by atoms with E-state index in [9.17, 15) is 0 Å². The van der Waals surface area contributed by atoms with Crippen LogP contribution in [0.25, 0.3) is 0 Å². The first kappa shape index (κ1) is 13.1. The van der Waals surface area contributed by atoms with E-state index in [0.717, 1.165) is 18.2 Å². The Hall–Kier alpha value is -1.32. The molecule has 0 radical (unpaired) electrons. The molecule has 0 aliphatic heterocycles. The third-order valence-electron chi connectivity index (χ3n) is 3.04. The van der Waals surface area contributed by atoms with Gasteiger partial charge in [0.05, 0.1) is 6.61 Å². The van der Waals surface area contributed by atoms with Crippen molar-refractivity contribution in [2.75, 3.05) is 18.5 Å². The van der Waals surface area contributed by atoms with Crippen LogP contribution in [0.4, 0.5) is 5.82 Å². The number of hydrogen-bond donors (Lipinski definition) is 1. The van der Waals surface area contributed by atoms with Gasteiger partial charge in [0.2, 0.25) is 5.88 Å². The van der Waals surface area contributed by atoms with Crippen LogP contribution in [0.1, 0.15) is 57.7 Å². The largest absolute Gasteiger partial charge is 0.478 e. The Balaban J connectivity index is 1.98. The van der Waals surface area contributed by atoms with E-state index in [2.05, 4.69) is 22.2 Å². The maximum Gasteiger partial charge on any atom is 0.218 e. The van der Waals surface area contributed by atoms with Gasteiger partial charge < -0.3 is 10.1 Å². The summed E-state index contributed by atoms with van der Waals surface area (Å²) in [5.74, 6) is 3.11. The molecule has 0 atom stereocenters. The molecule has 0 spiro atoms. The van der Waals surface area contributed by atoms with Gasteiger partial charge in [0.25, 0.3) is 0 Å². The third kappa shape index (κ3) is 3.86. The van der Waals surface area contributed by atoms with Crippen LogP contribution in [0.5, 0.6) is 5.88 Å². The van der Waals surface area contributed by atoms with Crippen molar-refractivity contribution in [3.8, 4) is 5.88 Å². The highest BCUT2D eigenvalue weighted by atomic mass is 16.5. The summed E-state index contributed by atoms with van der Waals surface area (Å²) in [6, 6.07) is 1.90. The second-order valence-electron chi connectivity index (χ2n) is 4.79. The van der Waals surface area contributed by atoms with Crippen LogP contribution in [0.15, 0.2) is 6.07 Å². The number of unbranched alkanes of at least 4 members (excludes halogenated alkanes) is 2. The van der Waals surface area contributed by atoms with Gasteiger partial charge in [-0.15, -0.1) is 0 Å². The van der Waals surface area contributed by atoms with E-state index in [0.29, 0.717) is 18.4 Å². The number of anilines is 1. The highest BCUT2D eigenvalue weighted by Gasteiger charge is 2.27. The van der Waals surface area contributed by atoms with Gasteiger partial charge in [0, 0.05) is 18.5 Å². The van der Waals surface area contributed by atoms with E-state index >= 15 is 0 Å². The van der Waals surface area contributed by atoms with Crippen LogP contribution >= 0.6 is 0 Å². The van der Waals surface area contributed by atoms with Crippen LogP contribution in [0.2, 0.25) is 0 Å². The molecule has 0 amide bonds. The Kier molecular flexibility index (Phi) is 4.79. The Labute approximate surface area is 109 Å². The van der Waals surface area contributed by atoms with E-state index < -0.39 is 0 Å². The zero-order chi connectivity index (χ0) is 12.8. The minimum Gasteiger partial charge on any atom is -0.478 e. The molecule has 18 heavy (non-hydrogen) atoms. The van der Waals surface area contributed by atoms with Crippen LogP contribution in [0.3, 0.4) is 0 Å². The quantitative estimate of drug-likeness (QED) is 0.718. The fourth-order valence-corrected chi connectivity index (χ4v) is 1.87. The Morgan fingerprint density at radius 1 is 1.28 bits per heavy atom. The Morgan fingerprint density at radius 3 is 2.78 bits per heavy atom. The molecule has 4 nitrogen and oxygen atoms in total. The summed E-state index contributed by atoms with van der Waals surface area (Å²) < 4.78 is 5.50. The van der Waals surface area contributed by atoms with Gasteiger partial charge >= 0.3 is 0 Å². The van der Waals surface area contributed by atoms with Gasteiger partial charge in [-0.2, -0.15) is 4.98 Å². The number of ether oxygens (including phenoxy) is 1. The molecule has 0 bridgehead atoms. The van der Waals surface area contributed by atoms with Crippen molar-refractivity contribution in [3.05, 3.63) is 11.9 Å². The molecule has 1 aliphatic carbocycles. The van der Waals surface area contributed by atoms with Gasteiger partial charge in [-0.25, -0.2) is 4.98 Å². The number of hydrogen-bond acceptors (Lipinski definition) is 4. The van der Waals surface area contributed by atoms with Crippen molar-refractivity contribution in [2.45, 2.75) is 51.9 Å². The Bertz CT molecular complexity index is 377. The number of nitrogens with one attached hydrogen (secondary N) is 1. The molecule has 1 fully saturated rings. The molecule has 0 aromatic carbocycles. The molecule has 0 unspecified atom stereocenters. The summed E-state index contributed by atoms with van der Waals surface area (Å²) in [5.41, 5.74) is 0. The monoisotopic (exact) mass is 249 g/mol. The van der Waals surface area contributed by atoms with E-state index in [1.807, 2.05) is 13.0 Å². The van der Waals surface area contributed by atoms with E-state index in [4.69, 9.17) is 4.74 Å². The predicted molar refractivity (Wildman–Crippen MR) is 73.2 cm³/mol. The Morgan fingerprint density at radius 2 is 2.11 bits per heavy atom. The van der Waals surface area contributed by atoms with E-state index in [-0.39, 0.29) is 0 Å². The van der Waals surface area contributed by atoms with Crippen molar-refractivity contribution < 1.29 is 4.74 Å². The average molecular weight is 249 g/mol. The molecular weight excluding hydrogens is 226 g/mol. The molecule has 1 aromatic rings. The summed E-state index contributed by atoms with van der Waals surface area (Å²) >= 11 is 0. The lowest BCUT2D eigenvalue weighted by Gasteiger charge is -2.09. The SMILES string of the molecule is CCCCCNc1cc(OCC)nc(C2CC2)n1. The molecule has 1 N–H and O–H groups in total. The molecule has 1 aliphatic rings. The van der Waals surface area contributed by atoms with Crippen molar-refractivity contribution in [3.63, 3.8) is 0 Å². The average Bonchev–Trinajstić information content (AvgIpc) is 3.19. The van der Waals surface area contributed by atoms with Crippen molar-refractivity contribution in [1.29, 1.82) is 0 Å². The van der Waals surface area contributed by atoms with Crippen molar-refractivity contribution >= 4 is 5.82 Å². The predicted octanol–water partition coefficient (Wildman–Crippen LogP) is 3.35. The van der Waals surface area contributed by atoms with Gasteiger partial charge in [0.1, 0.15) is 11.6 Å².